The highest BCUT2D eigenvalue weighted by molar-refractivity contribution is 7.10. The number of thiophene rings is 1. The molecule has 3 rings (SSSR count). The molecule has 1 aliphatic heterocycles. The van der Waals surface area contributed by atoms with Crippen molar-refractivity contribution in [1.29, 1.82) is 0 Å². The van der Waals surface area contributed by atoms with Crippen LogP contribution in [-0.4, -0.2) is 6.54 Å². The van der Waals surface area contributed by atoms with Crippen molar-refractivity contribution in [2.45, 2.75) is 19.9 Å². The third-order valence-corrected chi connectivity index (χ3v) is 4.42. The molecule has 0 bridgehead atoms. The number of nitrogen functional groups attached to an aromatic ring is 1. The molecule has 0 unspecified atom stereocenters. The second-order valence-corrected chi connectivity index (χ2v) is 5.55. The third-order valence-electron chi connectivity index (χ3n) is 3.39. The molecule has 0 atom stereocenters. The number of anilines is 2. The standard InChI is InChI=1S/C14H16N2S/c1-10-3-2-4-12(15)14(10)16-7-5-13-11(9-16)6-8-17-13/h2-4,6,8H,5,7,9,15H2,1H3. The van der Waals surface area contributed by atoms with E-state index in [4.69, 9.17) is 5.73 Å². The first kappa shape index (κ1) is 10.7. The van der Waals surface area contributed by atoms with Crippen LogP contribution in [0.1, 0.15) is 16.0 Å². The summed E-state index contributed by atoms with van der Waals surface area (Å²) in [4.78, 5) is 3.94. The second-order valence-electron chi connectivity index (χ2n) is 4.55. The van der Waals surface area contributed by atoms with Crippen LogP contribution in [0.25, 0.3) is 0 Å². The molecule has 1 aromatic heterocycles. The van der Waals surface area contributed by atoms with Gasteiger partial charge in [-0.2, -0.15) is 0 Å². The van der Waals surface area contributed by atoms with E-state index >= 15 is 0 Å². The summed E-state index contributed by atoms with van der Waals surface area (Å²) in [6, 6.07) is 8.38. The number of rotatable bonds is 1. The molecule has 0 radical (unpaired) electrons. The smallest absolute Gasteiger partial charge is 0.0632 e. The van der Waals surface area contributed by atoms with E-state index in [-0.39, 0.29) is 0 Å². The maximum atomic E-state index is 6.11. The molecule has 3 heteroatoms. The van der Waals surface area contributed by atoms with Gasteiger partial charge in [-0.3, -0.25) is 0 Å². The van der Waals surface area contributed by atoms with Gasteiger partial charge in [-0.05, 0) is 42.0 Å². The number of nitrogens with zero attached hydrogens (tertiary/aromatic N) is 1. The second kappa shape index (κ2) is 4.08. The predicted octanol–water partition coefficient (Wildman–Crippen LogP) is 3.20. The minimum atomic E-state index is 0.892. The molecule has 2 N–H and O–H groups in total. The van der Waals surface area contributed by atoms with E-state index in [0.29, 0.717) is 0 Å². The van der Waals surface area contributed by atoms with Gasteiger partial charge in [0.1, 0.15) is 0 Å². The first-order valence-electron chi connectivity index (χ1n) is 5.91. The highest BCUT2D eigenvalue weighted by atomic mass is 32.1. The van der Waals surface area contributed by atoms with Crippen molar-refractivity contribution >= 4 is 22.7 Å². The van der Waals surface area contributed by atoms with Gasteiger partial charge in [-0.25, -0.2) is 0 Å². The fraction of sp³-hybridized carbons (Fsp3) is 0.286. The van der Waals surface area contributed by atoms with Crippen molar-refractivity contribution in [3.05, 3.63) is 45.6 Å². The average Bonchev–Trinajstić information content (AvgIpc) is 2.76. The SMILES string of the molecule is Cc1cccc(N)c1N1CCc2sccc2C1. The number of nitrogens with two attached hydrogens (primary N) is 1. The summed E-state index contributed by atoms with van der Waals surface area (Å²) in [6.07, 6.45) is 1.14. The van der Waals surface area contributed by atoms with E-state index in [1.54, 1.807) is 0 Å². The van der Waals surface area contributed by atoms with Crippen LogP contribution in [0.15, 0.2) is 29.6 Å². The first-order valence-corrected chi connectivity index (χ1v) is 6.79. The largest absolute Gasteiger partial charge is 0.397 e. The van der Waals surface area contributed by atoms with E-state index in [2.05, 4.69) is 29.3 Å². The fourth-order valence-electron chi connectivity index (χ4n) is 2.55. The quantitative estimate of drug-likeness (QED) is 0.781. The minimum absolute atomic E-state index is 0.892. The topological polar surface area (TPSA) is 29.3 Å². The van der Waals surface area contributed by atoms with E-state index in [1.807, 2.05) is 23.5 Å². The van der Waals surface area contributed by atoms with Crippen molar-refractivity contribution < 1.29 is 0 Å². The molecule has 0 saturated carbocycles. The Kier molecular flexibility index (Phi) is 2.56. The average molecular weight is 244 g/mol. The summed E-state index contributed by atoms with van der Waals surface area (Å²) in [6.45, 7) is 4.20. The van der Waals surface area contributed by atoms with Gasteiger partial charge in [0.2, 0.25) is 0 Å². The number of benzene rings is 1. The van der Waals surface area contributed by atoms with Gasteiger partial charge in [0.05, 0.1) is 11.4 Å². The van der Waals surface area contributed by atoms with Gasteiger partial charge in [0.25, 0.3) is 0 Å². The molecule has 88 valence electrons. The lowest BCUT2D eigenvalue weighted by atomic mass is 10.1. The van der Waals surface area contributed by atoms with Gasteiger partial charge in [0.15, 0.2) is 0 Å². The van der Waals surface area contributed by atoms with E-state index in [0.717, 1.165) is 25.2 Å². The normalized spacial score (nSPS) is 14.8. The Morgan fingerprint density at radius 2 is 2.18 bits per heavy atom. The predicted molar refractivity (Wildman–Crippen MR) is 74.7 cm³/mol. The molecule has 17 heavy (non-hydrogen) atoms. The molecule has 0 aliphatic carbocycles. The molecule has 0 fully saturated rings. The van der Waals surface area contributed by atoms with Crippen molar-refractivity contribution in [1.82, 2.24) is 0 Å². The lowest BCUT2D eigenvalue weighted by Crippen LogP contribution is -2.30. The Morgan fingerprint density at radius 1 is 1.29 bits per heavy atom. The summed E-state index contributed by atoms with van der Waals surface area (Å²) in [5.74, 6) is 0. The van der Waals surface area contributed by atoms with Crippen molar-refractivity contribution in [2.75, 3.05) is 17.2 Å². The highest BCUT2D eigenvalue weighted by Gasteiger charge is 2.19. The summed E-state index contributed by atoms with van der Waals surface area (Å²) < 4.78 is 0. The lowest BCUT2D eigenvalue weighted by Gasteiger charge is -2.31. The van der Waals surface area contributed by atoms with E-state index < -0.39 is 0 Å². The van der Waals surface area contributed by atoms with Crippen LogP contribution in [0.5, 0.6) is 0 Å². The molecule has 0 saturated heterocycles. The molecule has 2 heterocycles. The molecular weight excluding hydrogens is 228 g/mol. The number of hydrogen-bond donors (Lipinski definition) is 1. The monoisotopic (exact) mass is 244 g/mol. The Labute approximate surface area is 106 Å². The van der Waals surface area contributed by atoms with Crippen LogP contribution in [-0.2, 0) is 13.0 Å². The zero-order valence-electron chi connectivity index (χ0n) is 9.94. The molecule has 2 nitrogen and oxygen atoms in total. The van der Waals surface area contributed by atoms with Crippen molar-refractivity contribution in [3.8, 4) is 0 Å². The Bertz CT molecular complexity index is 525. The summed E-state index contributed by atoms with van der Waals surface area (Å²) in [7, 11) is 0. The Hall–Kier alpha value is -1.48. The van der Waals surface area contributed by atoms with Gasteiger partial charge in [-0.15, -0.1) is 11.3 Å². The summed E-state index contributed by atoms with van der Waals surface area (Å²) >= 11 is 1.87. The van der Waals surface area contributed by atoms with E-state index in [1.165, 1.54) is 21.7 Å². The fourth-order valence-corrected chi connectivity index (χ4v) is 3.44. The maximum Gasteiger partial charge on any atom is 0.0632 e. The Balaban J connectivity index is 1.97. The molecule has 2 aromatic rings. The molecular formula is C14H16N2S. The van der Waals surface area contributed by atoms with Crippen LogP contribution in [0.4, 0.5) is 11.4 Å². The van der Waals surface area contributed by atoms with Crippen LogP contribution in [0.2, 0.25) is 0 Å². The number of hydrogen-bond acceptors (Lipinski definition) is 3. The maximum absolute atomic E-state index is 6.11. The summed E-state index contributed by atoms with van der Waals surface area (Å²) in [5, 5.41) is 2.19. The van der Waals surface area contributed by atoms with E-state index in [9.17, 15) is 0 Å². The van der Waals surface area contributed by atoms with Crippen molar-refractivity contribution in [2.24, 2.45) is 0 Å². The highest BCUT2D eigenvalue weighted by Crippen LogP contribution is 2.33. The number of fused-ring (bicyclic) bond motifs is 1. The van der Waals surface area contributed by atoms with Gasteiger partial charge >= 0.3 is 0 Å². The zero-order chi connectivity index (χ0) is 11.8. The van der Waals surface area contributed by atoms with Crippen LogP contribution in [0, 0.1) is 6.92 Å². The van der Waals surface area contributed by atoms with Crippen molar-refractivity contribution in [3.63, 3.8) is 0 Å². The summed E-state index contributed by atoms with van der Waals surface area (Å²) in [5.41, 5.74) is 10.9. The van der Waals surface area contributed by atoms with Crippen LogP contribution >= 0.6 is 11.3 Å². The molecule has 0 amide bonds. The molecule has 1 aliphatic rings. The van der Waals surface area contributed by atoms with Crippen LogP contribution in [0.3, 0.4) is 0 Å². The minimum Gasteiger partial charge on any atom is -0.397 e. The van der Waals surface area contributed by atoms with Gasteiger partial charge in [-0.1, -0.05) is 12.1 Å². The van der Waals surface area contributed by atoms with Gasteiger partial charge < -0.3 is 10.6 Å². The third kappa shape index (κ3) is 1.80. The molecule has 0 spiro atoms. The molecule has 1 aromatic carbocycles. The van der Waals surface area contributed by atoms with Crippen LogP contribution < -0.4 is 10.6 Å². The Morgan fingerprint density at radius 3 is 3.00 bits per heavy atom. The first-order chi connectivity index (χ1) is 8.25. The zero-order valence-corrected chi connectivity index (χ0v) is 10.8. The lowest BCUT2D eigenvalue weighted by molar-refractivity contribution is 0.742. The van der Waals surface area contributed by atoms with Gasteiger partial charge in [0, 0.05) is 18.0 Å². The number of para-hydroxylation sites is 1. The number of aryl methyl sites for hydroxylation is 1.